The predicted molar refractivity (Wildman–Crippen MR) is 43.4 cm³/mol. The van der Waals surface area contributed by atoms with Gasteiger partial charge in [-0.3, -0.25) is 4.57 Å². The van der Waals surface area contributed by atoms with Gasteiger partial charge >= 0.3 is 0 Å². The SMILES string of the molecule is CN1CC=CCN(C)[PH]1=O. The van der Waals surface area contributed by atoms with Crippen molar-refractivity contribution in [2.24, 2.45) is 0 Å². The molecule has 4 heteroatoms. The maximum Gasteiger partial charge on any atom is 0.205 e. The van der Waals surface area contributed by atoms with Crippen LogP contribution in [0.15, 0.2) is 12.2 Å². The summed E-state index contributed by atoms with van der Waals surface area (Å²) in [5.74, 6) is 0. The molecule has 0 bridgehead atoms. The molecule has 3 nitrogen and oxygen atoms in total. The Hall–Kier alpha value is -0.110. The monoisotopic (exact) mass is 160 g/mol. The first-order chi connectivity index (χ1) is 4.72. The fourth-order valence-electron chi connectivity index (χ4n) is 0.913. The van der Waals surface area contributed by atoms with Crippen LogP contribution in [-0.2, 0) is 4.57 Å². The van der Waals surface area contributed by atoms with E-state index in [0.29, 0.717) is 0 Å². The molecule has 0 aliphatic carbocycles. The Kier molecular flexibility index (Phi) is 2.66. The molecule has 0 atom stereocenters. The van der Waals surface area contributed by atoms with Crippen LogP contribution >= 0.6 is 8.10 Å². The summed E-state index contributed by atoms with van der Waals surface area (Å²) < 4.78 is 15.1. The zero-order chi connectivity index (χ0) is 7.56. The second kappa shape index (κ2) is 3.33. The molecule has 1 aliphatic heterocycles. The van der Waals surface area contributed by atoms with Gasteiger partial charge in [0.2, 0.25) is 8.10 Å². The van der Waals surface area contributed by atoms with Crippen LogP contribution in [0.4, 0.5) is 0 Å². The minimum atomic E-state index is -1.63. The van der Waals surface area contributed by atoms with E-state index in [0.717, 1.165) is 13.1 Å². The third kappa shape index (κ3) is 1.69. The van der Waals surface area contributed by atoms with Gasteiger partial charge in [-0.05, 0) is 14.1 Å². The fourth-order valence-corrected chi connectivity index (χ4v) is 2.02. The molecule has 0 saturated heterocycles. The van der Waals surface area contributed by atoms with Crippen molar-refractivity contribution >= 4 is 8.10 Å². The van der Waals surface area contributed by atoms with Gasteiger partial charge in [-0.25, -0.2) is 9.34 Å². The summed E-state index contributed by atoms with van der Waals surface area (Å²) >= 11 is 0. The largest absolute Gasteiger partial charge is 0.292 e. The van der Waals surface area contributed by atoms with Crippen molar-refractivity contribution in [3.05, 3.63) is 12.2 Å². The number of rotatable bonds is 0. The van der Waals surface area contributed by atoms with Crippen LogP contribution in [-0.4, -0.2) is 36.5 Å². The first kappa shape index (κ1) is 7.99. The maximum absolute atomic E-state index is 11.3. The molecule has 0 radical (unpaired) electrons. The highest BCUT2D eigenvalue weighted by molar-refractivity contribution is 7.39. The van der Waals surface area contributed by atoms with E-state index in [1.54, 1.807) is 0 Å². The minimum absolute atomic E-state index is 0.808. The van der Waals surface area contributed by atoms with Crippen LogP contribution in [0, 0.1) is 0 Å². The molecule has 0 aromatic carbocycles. The Morgan fingerprint density at radius 3 is 2.00 bits per heavy atom. The lowest BCUT2D eigenvalue weighted by Gasteiger charge is -2.18. The van der Waals surface area contributed by atoms with Gasteiger partial charge in [0.25, 0.3) is 0 Å². The quantitative estimate of drug-likeness (QED) is 0.387. The highest BCUT2D eigenvalue weighted by Crippen LogP contribution is 2.29. The molecule has 0 aromatic rings. The predicted octanol–water partition coefficient (Wildman–Crippen LogP) is 0.809. The Labute approximate surface area is 62.2 Å². The second-order valence-corrected chi connectivity index (χ2v) is 4.61. The summed E-state index contributed by atoms with van der Waals surface area (Å²) in [6.07, 6.45) is 4.10. The van der Waals surface area contributed by atoms with Gasteiger partial charge in [-0.1, -0.05) is 12.2 Å². The van der Waals surface area contributed by atoms with E-state index in [1.165, 1.54) is 0 Å². The molecule has 0 spiro atoms. The molecule has 10 heavy (non-hydrogen) atoms. The van der Waals surface area contributed by atoms with Crippen molar-refractivity contribution in [2.75, 3.05) is 27.2 Å². The lowest BCUT2D eigenvalue weighted by molar-refractivity contribution is 0.453. The van der Waals surface area contributed by atoms with Gasteiger partial charge in [0.15, 0.2) is 0 Å². The zero-order valence-electron chi connectivity index (χ0n) is 6.37. The molecule has 1 aliphatic rings. The summed E-state index contributed by atoms with van der Waals surface area (Å²) in [4.78, 5) is 0. The van der Waals surface area contributed by atoms with Crippen molar-refractivity contribution in [1.82, 2.24) is 9.34 Å². The Morgan fingerprint density at radius 1 is 1.20 bits per heavy atom. The smallest absolute Gasteiger partial charge is 0.205 e. The number of hydrogen-bond donors (Lipinski definition) is 0. The maximum atomic E-state index is 11.3. The molecule has 58 valence electrons. The Balaban J connectivity index is 2.65. The van der Waals surface area contributed by atoms with Crippen LogP contribution < -0.4 is 0 Å². The van der Waals surface area contributed by atoms with Gasteiger partial charge < -0.3 is 0 Å². The van der Waals surface area contributed by atoms with E-state index in [2.05, 4.69) is 0 Å². The summed E-state index contributed by atoms with van der Waals surface area (Å²) in [5, 5.41) is 0. The molecule has 0 amide bonds. The van der Waals surface area contributed by atoms with Crippen LogP contribution in [0.2, 0.25) is 0 Å². The molecule has 0 N–H and O–H groups in total. The van der Waals surface area contributed by atoms with Crippen molar-refractivity contribution in [3.63, 3.8) is 0 Å². The van der Waals surface area contributed by atoms with E-state index in [-0.39, 0.29) is 0 Å². The molecule has 1 heterocycles. The fraction of sp³-hybridized carbons (Fsp3) is 0.667. The number of nitrogens with zero attached hydrogens (tertiary/aromatic N) is 2. The lowest BCUT2D eigenvalue weighted by atomic mass is 10.5. The molecule has 0 saturated carbocycles. The third-order valence-electron chi connectivity index (χ3n) is 1.58. The molecule has 0 aromatic heterocycles. The molecule has 0 unspecified atom stereocenters. The summed E-state index contributed by atoms with van der Waals surface area (Å²) in [7, 11) is 2.13. The Bertz CT molecular complexity index is 153. The first-order valence-corrected chi connectivity index (χ1v) is 4.63. The normalized spacial score (nSPS) is 25.0. The van der Waals surface area contributed by atoms with Crippen molar-refractivity contribution in [3.8, 4) is 0 Å². The Morgan fingerprint density at radius 2 is 1.60 bits per heavy atom. The van der Waals surface area contributed by atoms with Gasteiger partial charge in [-0.2, -0.15) is 0 Å². The summed E-state index contributed by atoms with van der Waals surface area (Å²) in [5.41, 5.74) is 0. The van der Waals surface area contributed by atoms with Crippen molar-refractivity contribution in [2.45, 2.75) is 0 Å². The van der Waals surface area contributed by atoms with E-state index in [9.17, 15) is 4.57 Å². The van der Waals surface area contributed by atoms with Crippen LogP contribution in [0.5, 0.6) is 0 Å². The topological polar surface area (TPSA) is 23.6 Å². The summed E-state index contributed by atoms with van der Waals surface area (Å²) in [6, 6.07) is 0. The van der Waals surface area contributed by atoms with E-state index in [4.69, 9.17) is 0 Å². The number of hydrogen-bond acceptors (Lipinski definition) is 1. The molecular weight excluding hydrogens is 147 g/mol. The van der Waals surface area contributed by atoms with Gasteiger partial charge in [0.05, 0.1) is 0 Å². The summed E-state index contributed by atoms with van der Waals surface area (Å²) in [6.45, 7) is 1.62. The van der Waals surface area contributed by atoms with Crippen LogP contribution in [0.1, 0.15) is 0 Å². The van der Waals surface area contributed by atoms with Gasteiger partial charge in [0.1, 0.15) is 0 Å². The second-order valence-electron chi connectivity index (χ2n) is 2.52. The average molecular weight is 160 g/mol. The minimum Gasteiger partial charge on any atom is -0.292 e. The molecule has 1 rings (SSSR count). The standard InChI is InChI=1S/C6H13N2OP/c1-7-5-3-4-6-8(2)10(7)9/h3-4,10H,5-6H2,1-2H3. The van der Waals surface area contributed by atoms with Crippen molar-refractivity contribution in [1.29, 1.82) is 0 Å². The van der Waals surface area contributed by atoms with E-state index < -0.39 is 8.10 Å². The van der Waals surface area contributed by atoms with Gasteiger partial charge in [-0.15, -0.1) is 0 Å². The number of likely N-dealkylation sites (N-methyl/N-ethyl adjacent to an activating group) is 2. The van der Waals surface area contributed by atoms with Crippen LogP contribution in [0.3, 0.4) is 0 Å². The highest BCUT2D eigenvalue weighted by atomic mass is 31.1. The zero-order valence-corrected chi connectivity index (χ0v) is 7.37. The van der Waals surface area contributed by atoms with E-state index >= 15 is 0 Å². The highest BCUT2D eigenvalue weighted by Gasteiger charge is 2.12. The first-order valence-electron chi connectivity index (χ1n) is 3.33. The third-order valence-corrected chi connectivity index (χ3v) is 3.25. The van der Waals surface area contributed by atoms with Crippen molar-refractivity contribution < 1.29 is 4.57 Å². The molecule has 0 fully saturated rings. The van der Waals surface area contributed by atoms with Crippen LogP contribution in [0.25, 0.3) is 0 Å². The average Bonchev–Trinajstić information content (AvgIpc) is 2.04. The van der Waals surface area contributed by atoms with E-state index in [1.807, 2.05) is 35.6 Å². The molecular formula is C6H13N2OP. The lowest BCUT2D eigenvalue weighted by Crippen LogP contribution is -2.16. The van der Waals surface area contributed by atoms with Gasteiger partial charge in [0, 0.05) is 13.1 Å².